The Kier molecular flexibility index (Phi) is 6.29. The maximum Gasteiger partial charge on any atom is 0.270 e. The highest BCUT2D eigenvalue weighted by atomic mass is 32.2. The molecule has 0 aliphatic carbocycles. The van der Waals surface area contributed by atoms with E-state index in [0.717, 1.165) is 27.3 Å². The molecule has 9 nitrogen and oxygen atoms in total. The van der Waals surface area contributed by atoms with Gasteiger partial charge in [0.2, 0.25) is 10.0 Å². The van der Waals surface area contributed by atoms with Crippen LogP contribution in [0.2, 0.25) is 0 Å². The highest BCUT2D eigenvalue weighted by molar-refractivity contribution is 7.92. The maximum atomic E-state index is 14.7. The van der Waals surface area contributed by atoms with Gasteiger partial charge < -0.3 is 9.88 Å². The SMILES string of the molecule is CNC(=O)c1c2cc(-c3ccc4c(n3)-c3cc5c(F)cccc5n3CC4)c(N(C)S(C)(=O)=O)cc2nn1-c1ccc(F)cc1. The van der Waals surface area contributed by atoms with Gasteiger partial charge >= 0.3 is 0 Å². The molecule has 3 aromatic carbocycles. The molecular formula is C32H26F2N6O3S. The number of pyridine rings is 1. The summed E-state index contributed by atoms with van der Waals surface area (Å²) in [7, 11) is -0.784. The Bertz CT molecular complexity index is 2260. The van der Waals surface area contributed by atoms with Crippen molar-refractivity contribution in [3.63, 3.8) is 0 Å². The van der Waals surface area contributed by atoms with Crippen LogP contribution in [0.3, 0.4) is 0 Å². The van der Waals surface area contributed by atoms with Crippen LogP contribution in [-0.2, 0) is 23.0 Å². The van der Waals surface area contributed by atoms with Gasteiger partial charge in [0.15, 0.2) is 0 Å². The lowest BCUT2D eigenvalue weighted by atomic mass is 10.00. The number of rotatable bonds is 5. The fourth-order valence-electron chi connectivity index (χ4n) is 5.85. The number of hydrogen-bond acceptors (Lipinski definition) is 5. The average Bonchev–Trinajstić information content (AvgIpc) is 3.59. The van der Waals surface area contributed by atoms with Gasteiger partial charge in [-0.3, -0.25) is 9.10 Å². The van der Waals surface area contributed by atoms with E-state index in [2.05, 4.69) is 10.4 Å². The Labute approximate surface area is 251 Å². The van der Waals surface area contributed by atoms with Crippen molar-refractivity contribution in [1.82, 2.24) is 24.6 Å². The quantitative estimate of drug-likeness (QED) is 0.285. The molecule has 6 aromatic rings. The van der Waals surface area contributed by atoms with Crippen molar-refractivity contribution < 1.29 is 22.0 Å². The molecule has 0 saturated carbocycles. The Morgan fingerprint density at radius 3 is 2.50 bits per heavy atom. The van der Waals surface area contributed by atoms with E-state index >= 15 is 0 Å². The summed E-state index contributed by atoms with van der Waals surface area (Å²) in [6.07, 6.45) is 1.79. The van der Waals surface area contributed by atoms with E-state index in [1.165, 1.54) is 49.1 Å². The first-order valence-electron chi connectivity index (χ1n) is 13.8. The van der Waals surface area contributed by atoms with Crippen LogP contribution in [0, 0.1) is 11.6 Å². The third kappa shape index (κ3) is 4.32. The minimum atomic E-state index is -3.72. The third-order valence-corrected chi connectivity index (χ3v) is 9.33. The zero-order valence-corrected chi connectivity index (χ0v) is 24.8. The van der Waals surface area contributed by atoms with E-state index in [1.54, 1.807) is 24.3 Å². The summed E-state index contributed by atoms with van der Waals surface area (Å²) in [5, 5.41) is 8.22. The second-order valence-electron chi connectivity index (χ2n) is 10.7. The number of nitrogens with zero attached hydrogens (tertiary/aromatic N) is 5. The largest absolute Gasteiger partial charge is 0.354 e. The lowest BCUT2D eigenvalue weighted by Gasteiger charge is -2.23. The summed E-state index contributed by atoms with van der Waals surface area (Å²) in [6, 6.07) is 19.4. The van der Waals surface area contributed by atoms with E-state index in [4.69, 9.17) is 4.98 Å². The van der Waals surface area contributed by atoms with Crippen molar-refractivity contribution in [3.8, 4) is 28.3 Å². The number of halogens is 2. The number of amides is 1. The molecule has 0 radical (unpaired) electrons. The first-order chi connectivity index (χ1) is 21.0. The molecule has 1 amide bonds. The Hall–Kier alpha value is -5.10. The number of hydrogen-bond donors (Lipinski definition) is 1. The van der Waals surface area contributed by atoms with Crippen molar-refractivity contribution in [2.24, 2.45) is 0 Å². The van der Waals surface area contributed by atoms with Crippen LogP contribution in [0.4, 0.5) is 14.5 Å². The highest BCUT2D eigenvalue weighted by Gasteiger charge is 2.27. The minimum Gasteiger partial charge on any atom is -0.354 e. The third-order valence-electron chi connectivity index (χ3n) is 8.13. The topological polar surface area (TPSA) is 102 Å². The molecule has 4 heterocycles. The van der Waals surface area contributed by atoms with Crippen molar-refractivity contribution in [2.75, 3.05) is 24.7 Å². The molecule has 1 N–H and O–H groups in total. The van der Waals surface area contributed by atoms with Crippen LogP contribution >= 0.6 is 0 Å². The van der Waals surface area contributed by atoms with E-state index in [0.29, 0.717) is 57.6 Å². The fraction of sp³-hybridized carbons (Fsp3) is 0.156. The van der Waals surface area contributed by atoms with Gasteiger partial charge in [-0.15, -0.1) is 0 Å². The number of carbonyl (C=O) groups is 1. The molecule has 0 unspecified atom stereocenters. The molecule has 1 aliphatic rings. The molecule has 0 fully saturated rings. The van der Waals surface area contributed by atoms with Crippen LogP contribution in [0.5, 0.6) is 0 Å². The second-order valence-corrected chi connectivity index (χ2v) is 12.8. The first-order valence-corrected chi connectivity index (χ1v) is 15.7. The highest BCUT2D eigenvalue weighted by Crippen LogP contribution is 2.40. The van der Waals surface area contributed by atoms with Gasteiger partial charge in [0.1, 0.15) is 17.3 Å². The number of fused-ring (bicyclic) bond motifs is 6. The Morgan fingerprint density at radius 2 is 1.77 bits per heavy atom. The molecule has 0 saturated heterocycles. The standard InChI is InChI=1S/C32H26F2N6O3S/c1-35-32(41)31-23-15-22(28(38(2)44(3,42)43)17-26(23)37-40(31)20-10-8-19(33)9-11-20)25-12-7-18-13-14-39-27-6-4-5-24(34)21(27)16-29(39)30(18)36-25/h4-12,15-17H,13-14H2,1-3H3,(H,35,41). The maximum absolute atomic E-state index is 14.7. The van der Waals surface area contributed by atoms with E-state index < -0.39 is 21.7 Å². The van der Waals surface area contributed by atoms with Crippen molar-refractivity contribution in [1.29, 1.82) is 0 Å². The smallest absolute Gasteiger partial charge is 0.270 e. The van der Waals surface area contributed by atoms with E-state index in [1.807, 2.05) is 22.8 Å². The number of aryl methyl sites for hydroxylation is 2. The number of anilines is 1. The zero-order valence-electron chi connectivity index (χ0n) is 24.0. The monoisotopic (exact) mass is 612 g/mol. The molecule has 0 bridgehead atoms. The molecule has 12 heteroatoms. The summed E-state index contributed by atoms with van der Waals surface area (Å²) in [6.45, 7) is 0.669. The first kappa shape index (κ1) is 27.7. The number of aromatic nitrogens is 4. The van der Waals surface area contributed by atoms with Crippen LogP contribution in [0.25, 0.3) is 50.1 Å². The summed E-state index contributed by atoms with van der Waals surface area (Å²) in [4.78, 5) is 18.2. The number of nitrogens with one attached hydrogen (secondary N) is 1. The van der Waals surface area contributed by atoms with Gasteiger partial charge in [-0.1, -0.05) is 12.1 Å². The Balaban J connectivity index is 1.50. The van der Waals surface area contributed by atoms with Gasteiger partial charge in [0.25, 0.3) is 5.91 Å². The number of benzene rings is 3. The second kappa shape index (κ2) is 9.98. The Morgan fingerprint density at radius 1 is 1.00 bits per heavy atom. The van der Waals surface area contributed by atoms with Crippen LogP contribution < -0.4 is 9.62 Å². The van der Waals surface area contributed by atoms with Crippen LogP contribution in [0.1, 0.15) is 16.1 Å². The normalized spacial score (nSPS) is 12.8. The van der Waals surface area contributed by atoms with Gasteiger partial charge in [-0.05, 0) is 72.6 Å². The summed E-state index contributed by atoms with van der Waals surface area (Å²) < 4.78 is 58.6. The van der Waals surface area contributed by atoms with E-state index in [-0.39, 0.29) is 11.5 Å². The van der Waals surface area contributed by atoms with Gasteiger partial charge in [0, 0.05) is 37.0 Å². The summed E-state index contributed by atoms with van der Waals surface area (Å²) in [5.41, 5.74) is 5.43. The average molecular weight is 613 g/mol. The zero-order chi connectivity index (χ0) is 30.9. The van der Waals surface area contributed by atoms with E-state index in [9.17, 15) is 22.0 Å². The van der Waals surface area contributed by atoms with Gasteiger partial charge in [0.05, 0.1) is 45.7 Å². The number of sulfonamides is 1. The van der Waals surface area contributed by atoms with Gasteiger partial charge in [-0.25, -0.2) is 26.9 Å². The minimum absolute atomic E-state index is 0.192. The molecule has 3 aromatic heterocycles. The molecule has 1 aliphatic heterocycles. The fourth-order valence-corrected chi connectivity index (χ4v) is 6.36. The lowest BCUT2D eigenvalue weighted by Crippen LogP contribution is -2.25. The predicted molar refractivity (Wildman–Crippen MR) is 165 cm³/mol. The van der Waals surface area contributed by atoms with Crippen molar-refractivity contribution >= 4 is 43.4 Å². The molecule has 222 valence electrons. The molecule has 44 heavy (non-hydrogen) atoms. The molecule has 0 atom stereocenters. The van der Waals surface area contributed by atoms with Gasteiger partial charge in [-0.2, -0.15) is 5.10 Å². The molecule has 7 rings (SSSR count). The summed E-state index contributed by atoms with van der Waals surface area (Å²) in [5.74, 6) is -1.19. The summed E-state index contributed by atoms with van der Waals surface area (Å²) >= 11 is 0. The van der Waals surface area contributed by atoms with Crippen LogP contribution in [0.15, 0.2) is 72.8 Å². The van der Waals surface area contributed by atoms with Crippen molar-refractivity contribution in [2.45, 2.75) is 13.0 Å². The lowest BCUT2D eigenvalue weighted by molar-refractivity contribution is 0.0957. The van der Waals surface area contributed by atoms with Crippen LogP contribution in [-0.4, -0.2) is 54.0 Å². The van der Waals surface area contributed by atoms with Crippen molar-refractivity contribution in [3.05, 3.63) is 95.7 Å². The predicted octanol–water partition coefficient (Wildman–Crippen LogP) is 5.30. The number of carbonyl (C=O) groups excluding carboxylic acids is 1. The molecular weight excluding hydrogens is 586 g/mol. The molecule has 0 spiro atoms.